The second-order valence-electron chi connectivity index (χ2n) is 5.12. The molecule has 2 heterocycles. The van der Waals surface area contributed by atoms with Gasteiger partial charge in [-0.25, -0.2) is 0 Å². The maximum atomic E-state index is 4.59. The normalized spacial score (nSPS) is 11.3. The van der Waals surface area contributed by atoms with Crippen LogP contribution < -0.4 is 0 Å². The van der Waals surface area contributed by atoms with Gasteiger partial charge >= 0.3 is 0 Å². The first kappa shape index (κ1) is 11.9. The number of aromatic nitrogens is 3. The van der Waals surface area contributed by atoms with Crippen LogP contribution in [0.3, 0.4) is 0 Å². The fourth-order valence-corrected chi connectivity index (χ4v) is 2.19. The van der Waals surface area contributed by atoms with Crippen molar-refractivity contribution < 1.29 is 0 Å². The Balaban J connectivity index is 1.93. The summed E-state index contributed by atoms with van der Waals surface area (Å²) >= 11 is 0. The van der Waals surface area contributed by atoms with Crippen LogP contribution in [0.2, 0.25) is 0 Å². The average Bonchev–Trinajstić information content (AvgIpc) is 2.80. The van der Waals surface area contributed by atoms with Crippen LogP contribution in [-0.4, -0.2) is 14.8 Å². The third-order valence-corrected chi connectivity index (χ3v) is 3.29. The monoisotopic (exact) mass is 251 g/mol. The van der Waals surface area contributed by atoms with E-state index < -0.39 is 0 Å². The van der Waals surface area contributed by atoms with E-state index in [1.165, 1.54) is 10.9 Å². The van der Waals surface area contributed by atoms with Gasteiger partial charge in [-0.3, -0.25) is 9.67 Å². The van der Waals surface area contributed by atoms with Crippen LogP contribution in [0.25, 0.3) is 10.9 Å². The highest BCUT2D eigenvalue weighted by Crippen LogP contribution is 2.20. The number of fused-ring (bicyclic) bond motifs is 1. The highest BCUT2D eigenvalue weighted by molar-refractivity contribution is 5.78. The van der Waals surface area contributed by atoms with Crippen molar-refractivity contribution in [2.24, 2.45) is 0 Å². The van der Waals surface area contributed by atoms with Crippen molar-refractivity contribution in [2.75, 3.05) is 0 Å². The Morgan fingerprint density at radius 3 is 2.79 bits per heavy atom. The molecule has 0 fully saturated rings. The van der Waals surface area contributed by atoms with Crippen molar-refractivity contribution in [1.29, 1.82) is 0 Å². The quantitative estimate of drug-likeness (QED) is 0.712. The molecule has 0 aliphatic carbocycles. The Labute approximate surface area is 112 Å². The van der Waals surface area contributed by atoms with Crippen LogP contribution in [0, 0.1) is 0 Å². The largest absolute Gasteiger partial charge is 0.266 e. The lowest BCUT2D eigenvalue weighted by Gasteiger charge is -2.03. The first-order valence-electron chi connectivity index (χ1n) is 6.59. The van der Waals surface area contributed by atoms with E-state index in [2.05, 4.69) is 48.3 Å². The number of rotatable bonds is 3. The SMILES string of the molecule is CC(C)c1ccc2nn(Cc3ccccn3)cc2c1. The summed E-state index contributed by atoms with van der Waals surface area (Å²) in [5.41, 5.74) is 3.42. The van der Waals surface area contributed by atoms with Crippen LogP contribution in [-0.2, 0) is 6.54 Å². The lowest BCUT2D eigenvalue weighted by Crippen LogP contribution is -2.01. The summed E-state index contributed by atoms with van der Waals surface area (Å²) in [5, 5.41) is 5.78. The summed E-state index contributed by atoms with van der Waals surface area (Å²) in [6.45, 7) is 5.13. The standard InChI is InChI=1S/C16H17N3/c1-12(2)13-6-7-16-14(9-13)10-19(18-16)11-15-5-3-4-8-17-15/h3-10,12H,11H2,1-2H3. The van der Waals surface area contributed by atoms with E-state index in [1.54, 1.807) is 0 Å². The van der Waals surface area contributed by atoms with E-state index in [-0.39, 0.29) is 0 Å². The minimum Gasteiger partial charge on any atom is -0.266 e. The number of pyridine rings is 1. The molecule has 0 aliphatic heterocycles. The lowest BCUT2D eigenvalue weighted by atomic mass is 10.0. The molecule has 3 nitrogen and oxygen atoms in total. The molecular weight excluding hydrogens is 234 g/mol. The molecule has 2 aromatic heterocycles. The van der Waals surface area contributed by atoms with E-state index in [4.69, 9.17) is 0 Å². The Hall–Kier alpha value is -2.16. The molecule has 0 spiro atoms. The van der Waals surface area contributed by atoms with E-state index in [9.17, 15) is 0 Å². The molecule has 0 aliphatic rings. The van der Waals surface area contributed by atoms with Crippen molar-refractivity contribution in [3.05, 3.63) is 60.0 Å². The van der Waals surface area contributed by atoms with Gasteiger partial charge < -0.3 is 0 Å². The highest BCUT2D eigenvalue weighted by Gasteiger charge is 2.05. The summed E-state index contributed by atoms with van der Waals surface area (Å²) < 4.78 is 1.96. The molecule has 3 heteroatoms. The topological polar surface area (TPSA) is 30.7 Å². The molecule has 3 aromatic rings. The van der Waals surface area contributed by atoms with E-state index >= 15 is 0 Å². The van der Waals surface area contributed by atoms with Crippen molar-refractivity contribution >= 4 is 10.9 Å². The van der Waals surface area contributed by atoms with Gasteiger partial charge in [0.25, 0.3) is 0 Å². The summed E-state index contributed by atoms with van der Waals surface area (Å²) in [5.74, 6) is 0.545. The van der Waals surface area contributed by atoms with Gasteiger partial charge in [-0.2, -0.15) is 5.10 Å². The van der Waals surface area contributed by atoms with Crippen molar-refractivity contribution in [3.8, 4) is 0 Å². The van der Waals surface area contributed by atoms with Crippen LogP contribution in [0.4, 0.5) is 0 Å². The van der Waals surface area contributed by atoms with Gasteiger partial charge in [-0.1, -0.05) is 26.0 Å². The van der Waals surface area contributed by atoms with E-state index in [0.717, 1.165) is 11.2 Å². The van der Waals surface area contributed by atoms with Crippen molar-refractivity contribution in [3.63, 3.8) is 0 Å². The molecule has 0 amide bonds. The Morgan fingerprint density at radius 1 is 1.16 bits per heavy atom. The molecule has 0 N–H and O–H groups in total. The predicted molar refractivity (Wildman–Crippen MR) is 77.2 cm³/mol. The smallest absolute Gasteiger partial charge is 0.0923 e. The van der Waals surface area contributed by atoms with Gasteiger partial charge in [0.2, 0.25) is 0 Å². The molecule has 0 saturated carbocycles. The van der Waals surface area contributed by atoms with Crippen LogP contribution >= 0.6 is 0 Å². The Kier molecular flexibility index (Phi) is 3.03. The molecule has 19 heavy (non-hydrogen) atoms. The van der Waals surface area contributed by atoms with Gasteiger partial charge in [0.15, 0.2) is 0 Å². The third kappa shape index (κ3) is 2.50. The van der Waals surface area contributed by atoms with Gasteiger partial charge in [-0.15, -0.1) is 0 Å². The van der Waals surface area contributed by atoms with Crippen molar-refractivity contribution in [1.82, 2.24) is 14.8 Å². The Morgan fingerprint density at radius 2 is 2.05 bits per heavy atom. The summed E-state index contributed by atoms with van der Waals surface area (Å²) in [6.07, 6.45) is 3.91. The molecular formula is C16H17N3. The molecule has 0 bridgehead atoms. The molecule has 0 saturated heterocycles. The average molecular weight is 251 g/mol. The number of benzene rings is 1. The fraction of sp³-hybridized carbons (Fsp3) is 0.250. The van der Waals surface area contributed by atoms with Crippen LogP contribution in [0.15, 0.2) is 48.8 Å². The second kappa shape index (κ2) is 4.84. The summed E-state index contributed by atoms with van der Waals surface area (Å²) in [7, 11) is 0. The van der Waals surface area contributed by atoms with Crippen molar-refractivity contribution in [2.45, 2.75) is 26.3 Å². The molecule has 0 radical (unpaired) electrons. The molecule has 1 aromatic carbocycles. The van der Waals surface area contributed by atoms with Crippen LogP contribution in [0.5, 0.6) is 0 Å². The summed E-state index contributed by atoms with van der Waals surface area (Å²) in [4.78, 5) is 4.33. The maximum Gasteiger partial charge on any atom is 0.0923 e. The predicted octanol–water partition coefficient (Wildman–Crippen LogP) is 3.60. The third-order valence-electron chi connectivity index (χ3n) is 3.29. The molecule has 3 rings (SSSR count). The zero-order valence-corrected chi connectivity index (χ0v) is 11.2. The second-order valence-corrected chi connectivity index (χ2v) is 5.12. The van der Waals surface area contributed by atoms with E-state index in [0.29, 0.717) is 12.5 Å². The Bertz CT molecular complexity index is 684. The van der Waals surface area contributed by atoms with Gasteiger partial charge in [-0.05, 0) is 35.7 Å². The zero-order valence-electron chi connectivity index (χ0n) is 11.2. The first-order valence-corrected chi connectivity index (χ1v) is 6.59. The number of hydrogen-bond donors (Lipinski definition) is 0. The van der Waals surface area contributed by atoms with Gasteiger partial charge in [0.05, 0.1) is 17.8 Å². The van der Waals surface area contributed by atoms with E-state index in [1.807, 2.05) is 29.1 Å². The van der Waals surface area contributed by atoms with Crippen LogP contribution in [0.1, 0.15) is 31.0 Å². The lowest BCUT2D eigenvalue weighted by molar-refractivity contribution is 0.681. The number of nitrogens with zero attached hydrogens (tertiary/aromatic N) is 3. The molecule has 0 atom stereocenters. The minimum absolute atomic E-state index is 0.545. The number of hydrogen-bond acceptors (Lipinski definition) is 2. The zero-order chi connectivity index (χ0) is 13.2. The highest BCUT2D eigenvalue weighted by atomic mass is 15.3. The molecule has 0 unspecified atom stereocenters. The fourth-order valence-electron chi connectivity index (χ4n) is 2.19. The first-order chi connectivity index (χ1) is 9.22. The molecule has 96 valence electrons. The van der Waals surface area contributed by atoms with Gasteiger partial charge in [0.1, 0.15) is 0 Å². The minimum atomic E-state index is 0.545. The summed E-state index contributed by atoms with van der Waals surface area (Å²) in [6, 6.07) is 12.4. The maximum absolute atomic E-state index is 4.59. The van der Waals surface area contributed by atoms with Gasteiger partial charge in [0, 0.05) is 17.8 Å².